The van der Waals surface area contributed by atoms with E-state index >= 15 is 0 Å². The predicted octanol–water partition coefficient (Wildman–Crippen LogP) is 1.79. The van der Waals surface area contributed by atoms with Crippen molar-refractivity contribution in [2.75, 3.05) is 0 Å². The Hall–Kier alpha value is -1.06. The number of carboxylic acids is 1. The molecule has 4 heteroatoms. The van der Waals surface area contributed by atoms with Gasteiger partial charge in [-0.2, -0.15) is 0 Å². The lowest BCUT2D eigenvalue weighted by Crippen LogP contribution is -2.40. The number of carbonyl (C=O) groups is 2. The maximum Gasteiger partial charge on any atom is 0.326 e. The lowest BCUT2D eigenvalue weighted by atomic mass is 10.1. The van der Waals surface area contributed by atoms with Gasteiger partial charge in [0.2, 0.25) is 5.91 Å². The standard InChI is InChI=1S/C11H21NO3/c1-4-5-9(11(14)15)12-10(13)7-6-8(2)3/h8-9H,4-7H2,1-3H3,(H,12,13)(H,14,15)/t9-/m1/s1. The Balaban J connectivity index is 3.94. The van der Waals surface area contributed by atoms with Gasteiger partial charge in [-0.25, -0.2) is 4.79 Å². The van der Waals surface area contributed by atoms with Crippen LogP contribution in [0.4, 0.5) is 0 Å². The van der Waals surface area contributed by atoms with Crippen LogP contribution in [0, 0.1) is 5.92 Å². The summed E-state index contributed by atoms with van der Waals surface area (Å²) in [5.41, 5.74) is 0. The quantitative estimate of drug-likeness (QED) is 0.680. The Labute approximate surface area is 91.1 Å². The van der Waals surface area contributed by atoms with E-state index in [1.807, 2.05) is 20.8 Å². The minimum absolute atomic E-state index is 0.162. The first-order chi connectivity index (χ1) is 6.97. The monoisotopic (exact) mass is 215 g/mol. The minimum atomic E-state index is -0.949. The molecule has 0 unspecified atom stereocenters. The Morgan fingerprint density at radius 2 is 1.87 bits per heavy atom. The third-order valence-corrected chi connectivity index (χ3v) is 2.16. The molecule has 0 heterocycles. The van der Waals surface area contributed by atoms with Gasteiger partial charge in [-0.15, -0.1) is 0 Å². The molecule has 0 aromatic carbocycles. The van der Waals surface area contributed by atoms with Gasteiger partial charge in [-0.3, -0.25) is 4.79 Å². The maximum absolute atomic E-state index is 11.4. The van der Waals surface area contributed by atoms with Crippen molar-refractivity contribution in [3.8, 4) is 0 Å². The highest BCUT2D eigenvalue weighted by Gasteiger charge is 2.18. The molecule has 0 rings (SSSR count). The second kappa shape index (κ2) is 7.26. The summed E-state index contributed by atoms with van der Waals surface area (Å²) >= 11 is 0. The second-order valence-corrected chi connectivity index (χ2v) is 4.18. The maximum atomic E-state index is 11.4. The van der Waals surface area contributed by atoms with Crippen LogP contribution in [0.15, 0.2) is 0 Å². The van der Waals surface area contributed by atoms with Crippen LogP contribution in [0.3, 0.4) is 0 Å². The normalized spacial score (nSPS) is 12.5. The van der Waals surface area contributed by atoms with E-state index in [4.69, 9.17) is 5.11 Å². The lowest BCUT2D eigenvalue weighted by molar-refractivity contribution is -0.142. The zero-order chi connectivity index (χ0) is 11.8. The van der Waals surface area contributed by atoms with Crippen molar-refractivity contribution in [2.45, 2.75) is 52.5 Å². The second-order valence-electron chi connectivity index (χ2n) is 4.18. The molecule has 0 fully saturated rings. The SMILES string of the molecule is CCC[C@@H](NC(=O)CCC(C)C)C(=O)O. The molecular formula is C11H21NO3. The molecule has 4 nitrogen and oxygen atoms in total. The molecular weight excluding hydrogens is 194 g/mol. The minimum Gasteiger partial charge on any atom is -0.480 e. The van der Waals surface area contributed by atoms with Gasteiger partial charge in [0.25, 0.3) is 0 Å². The summed E-state index contributed by atoms with van der Waals surface area (Å²) in [4.78, 5) is 22.1. The average Bonchev–Trinajstić information content (AvgIpc) is 2.14. The smallest absolute Gasteiger partial charge is 0.326 e. The zero-order valence-corrected chi connectivity index (χ0v) is 9.75. The van der Waals surface area contributed by atoms with Crippen LogP contribution in [0.25, 0.3) is 0 Å². The molecule has 0 aliphatic heterocycles. The van der Waals surface area contributed by atoms with Crippen LogP contribution in [0.2, 0.25) is 0 Å². The van der Waals surface area contributed by atoms with Gasteiger partial charge in [0.05, 0.1) is 0 Å². The van der Waals surface area contributed by atoms with Crippen LogP contribution >= 0.6 is 0 Å². The van der Waals surface area contributed by atoms with E-state index in [0.717, 1.165) is 12.8 Å². The largest absolute Gasteiger partial charge is 0.480 e. The van der Waals surface area contributed by atoms with Crippen LogP contribution in [0.5, 0.6) is 0 Å². The topological polar surface area (TPSA) is 66.4 Å². The Morgan fingerprint density at radius 3 is 2.27 bits per heavy atom. The average molecular weight is 215 g/mol. The molecule has 15 heavy (non-hydrogen) atoms. The molecule has 0 aliphatic carbocycles. The van der Waals surface area contributed by atoms with Gasteiger partial charge in [0.15, 0.2) is 0 Å². The van der Waals surface area contributed by atoms with Gasteiger partial charge < -0.3 is 10.4 Å². The fraction of sp³-hybridized carbons (Fsp3) is 0.818. The molecule has 0 spiro atoms. The van der Waals surface area contributed by atoms with Gasteiger partial charge in [-0.1, -0.05) is 27.2 Å². The number of rotatable bonds is 7. The van der Waals surface area contributed by atoms with Crippen LogP contribution in [0.1, 0.15) is 46.5 Å². The fourth-order valence-corrected chi connectivity index (χ4v) is 1.23. The Bertz CT molecular complexity index is 214. The number of hydrogen-bond acceptors (Lipinski definition) is 2. The predicted molar refractivity (Wildman–Crippen MR) is 58.5 cm³/mol. The summed E-state index contributed by atoms with van der Waals surface area (Å²) < 4.78 is 0. The Kier molecular flexibility index (Phi) is 6.75. The molecule has 88 valence electrons. The highest BCUT2D eigenvalue weighted by Crippen LogP contribution is 2.04. The summed E-state index contributed by atoms with van der Waals surface area (Å²) in [6, 6.07) is -0.727. The van der Waals surface area contributed by atoms with Crippen molar-refractivity contribution >= 4 is 11.9 Å². The van der Waals surface area contributed by atoms with E-state index in [9.17, 15) is 9.59 Å². The third-order valence-electron chi connectivity index (χ3n) is 2.16. The molecule has 0 radical (unpaired) electrons. The summed E-state index contributed by atoms with van der Waals surface area (Å²) in [5, 5.41) is 11.4. The van der Waals surface area contributed by atoms with Gasteiger partial charge >= 0.3 is 5.97 Å². The number of carbonyl (C=O) groups excluding carboxylic acids is 1. The van der Waals surface area contributed by atoms with Crippen molar-refractivity contribution in [1.29, 1.82) is 0 Å². The van der Waals surface area contributed by atoms with Crippen molar-refractivity contribution in [2.24, 2.45) is 5.92 Å². The first-order valence-electron chi connectivity index (χ1n) is 5.49. The number of carboxylic acid groups (broad SMARTS) is 1. The molecule has 0 aromatic heterocycles. The summed E-state index contributed by atoms with van der Waals surface area (Å²) in [6.45, 7) is 5.97. The Morgan fingerprint density at radius 1 is 1.27 bits per heavy atom. The van der Waals surface area contributed by atoms with E-state index in [1.165, 1.54) is 0 Å². The van der Waals surface area contributed by atoms with Crippen molar-refractivity contribution < 1.29 is 14.7 Å². The van der Waals surface area contributed by atoms with E-state index in [0.29, 0.717) is 18.8 Å². The molecule has 0 aliphatic rings. The van der Waals surface area contributed by atoms with E-state index in [1.54, 1.807) is 0 Å². The summed E-state index contributed by atoms with van der Waals surface area (Å²) in [5.74, 6) is -0.649. The molecule has 0 bridgehead atoms. The summed E-state index contributed by atoms with van der Waals surface area (Å²) in [6.07, 6.45) is 2.44. The van der Waals surface area contributed by atoms with Crippen LogP contribution in [-0.2, 0) is 9.59 Å². The van der Waals surface area contributed by atoms with Crippen molar-refractivity contribution in [1.82, 2.24) is 5.32 Å². The zero-order valence-electron chi connectivity index (χ0n) is 9.75. The molecule has 1 amide bonds. The number of nitrogens with one attached hydrogen (secondary N) is 1. The number of hydrogen-bond donors (Lipinski definition) is 2. The highest BCUT2D eigenvalue weighted by molar-refractivity contribution is 5.83. The summed E-state index contributed by atoms with van der Waals surface area (Å²) in [7, 11) is 0. The molecule has 0 saturated carbocycles. The van der Waals surface area contributed by atoms with Crippen molar-refractivity contribution in [3.63, 3.8) is 0 Å². The fourth-order valence-electron chi connectivity index (χ4n) is 1.23. The van der Waals surface area contributed by atoms with Crippen molar-refractivity contribution in [3.05, 3.63) is 0 Å². The van der Waals surface area contributed by atoms with Crippen LogP contribution in [-0.4, -0.2) is 23.0 Å². The van der Waals surface area contributed by atoms with E-state index < -0.39 is 12.0 Å². The number of amides is 1. The van der Waals surface area contributed by atoms with Gasteiger partial charge in [0.1, 0.15) is 6.04 Å². The first kappa shape index (κ1) is 13.9. The van der Waals surface area contributed by atoms with Gasteiger partial charge in [-0.05, 0) is 18.8 Å². The van der Waals surface area contributed by atoms with Gasteiger partial charge in [0, 0.05) is 6.42 Å². The molecule has 2 N–H and O–H groups in total. The number of aliphatic carboxylic acids is 1. The highest BCUT2D eigenvalue weighted by atomic mass is 16.4. The van der Waals surface area contributed by atoms with E-state index in [2.05, 4.69) is 5.32 Å². The van der Waals surface area contributed by atoms with Crippen LogP contribution < -0.4 is 5.32 Å². The lowest BCUT2D eigenvalue weighted by Gasteiger charge is -2.13. The molecule has 0 aromatic rings. The van der Waals surface area contributed by atoms with E-state index in [-0.39, 0.29) is 5.91 Å². The third kappa shape index (κ3) is 6.94. The first-order valence-corrected chi connectivity index (χ1v) is 5.49. The molecule has 1 atom stereocenters. The molecule has 0 saturated heterocycles.